The number of rotatable bonds is 1. The SMILES string of the molecule is CC12CCC(=O)N1c1cc([NH+]([O-])O)ccc1N2. The average molecular weight is 235 g/mol. The van der Waals surface area contributed by atoms with Crippen molar-refractivity contribution in [3.8, 4) is 0 Å². The lowest BCUT2D eigenvalue weighted by molar-refractivity contribution is -0.991. The van der Waals surface area contributed by atoms with E-state index < -0.39 is 10.9 Å². The number of anilines is 2. The summed E-state index contributed by atoms with van der Waals surface area (Å²) in [6.45, 7) is 1.96. The van der Waals surface area contributed by atoms with Gasteiger partial charge < -0.3 is 10.5 Å². The monoisotopic (exact) mass is 235 g/mol. The number of benzene rings is 1. The molecule has 0 aromatic heterocycles. The van der Waals surface area contributed by atoms with Crippen LogP contribution in [0.5, 0.6) is 0 Å². The molecule has 17 heavy (non-hydrogen) atoms. The molecule has 0 bridgehead atoms. The van der Waals surface area contributed by atoms with Crippen LogP contribution in [0.4, 0.5) is 17.1 Å². The van der Waals surface area contributed by atoms with Crippen LogP contribution in [-0.4, -0.2) is 16.8 Å². The second-order valence-electron chi connectivity index (χ2n) is 4.67. The van der Waals surface area contributed by atoms with E-state index in [-0.39, 0.29) is 11.6 Å². The third kappa shape index (κ3) is 1.35. The van der Waals surface area contributed by atoms with E-state index in [0.29, 0.717) is 12.1 Å². The highest BCUT2D eigenvalue weighted by atomic mass is 16.8. The molecule has 1 aromatic rings. The number of carbonyl (C=O) groups is 1. The maximum atomic E-state index is 11.8. The van der Waals surface area contributed by atoms with Crippen molar-refractivity contribution in [1.29, 1.82) is 0 Å². The van der Waals surface area contributed by atoms with Crippen molar-refractivity contribution < 1.29 is 15.2 Å². The summed E-state index contributed by atoms with van der Waals surface area (Å²) in [5.41, 5.74) is 1.31. The zero-order valence-electron chi connectivity index (χ0n) is 9.36. The number of nitrogens with zero attached hydrogens (tertiary/aromatic N) is 1. The first-order valence-corrected chi connectivity index (χ1v) is 5.50. The molecule has 1 saturated heterocycles. The van der Waals surface area contributed by atoms with E-state index in [1.165, 1.54) is 0 Å². The maximum absolute atomic E-state index is 11.8. The molecule has 2 aliphatic rings. The van der Waals surface area contributed by atoms with Gasteiger partial charge in [0.25, 0.3) is 0 Å². The number of hydrogen-bond acceptors (Lipinski definition) is 4. The summed E-state index contributed by atoms with van der Waals surface area (Å²) in [4.78, 5) is 13.5. The fraction of sp³-hybridized carbons (Fsp3) is 0.364. The normalized spacial score (nSPS) is 27.7. The number of fused-ring (bicyclic) bond motifs is 3. The molecule has 6 heteroatoms. The fourth-order valence-electron chi connectivity index (χ4n) is 2.61. The van der Waals surface area contributed by atoms with Crippen molar-refractivity contribution in [2.75, 3.05) is 10.2 Å². The molecule has 0 aliphatic carbocycles. The number of amides is 1. The van der Waals surface area contributed by atoms with Gasteiger partial charge in [0.05, 0.1) is 11.4 Å². The maximum Gasteiger partial charge on any atom is 0.229 e. The lowest BCUT2D eigenvalue weighted by atomic mass is 10.1. The molecule has 1 fully saturated rings. The minimum atomic E-state index is -0.979. The van der Waals surface area contributed by atoms with Crippen LogP contribution in [0, 0.1) is 5.21 Å². The van der Waals surface area contributed by atoms with Gasteiger partial charge in [0.2, 0.25) is 5.91 Å². The summed E-state index contributed by atoms with van der Waals surface area (Å²) in [5, 5.41) is 22.2. The summed E-state index contributed by atoms with van der Waals surface area (Å²) in [7, 11) is 0. The van der Waals surface area contributed by atoms with Gasteiger partial charge in [-0.25, -0.2) is 5.21 Å². The molecule has 2 unspecified atom stereocenters. The van der Waals surface area contributed by atoms with Gasteiger partial charge in [-0.05, 0) is 19.4 Å². The highest BCUT2D eigenvalue weighted by Gasteiger charge is 2.48. The molecule has 0 spiro atoms. The van der Waals surface area contributed by atoms with E-state index in [4.69, 9.17) is 5.21 Å². The van der Waals surface area contributed by atoms with Crippen molar-refractivity contribution in [2.24, 2.45) is 0 Å². The first-order chi connectivity index (χ1) is 8.01. The number of quaternary nitrogens is 1. The van der Waals surface area contributed by atoms with Crippen molar-refractivity contribution >= 4 is 23.0 Å². The van der Waals surface area contributed by atoms with Gasteiger partial charge in [-0.15, -0.1) is 0 Å². The van der Waals surface area contributed by atoms with E-state index in [9.17, 15) is 10.0 Å². The molecule has 3 N–H and O–H groups in total. The van der Waals surface area contributed by atoms with Gasteiger partial charge in [0.1, 0.15) is 5.66 Å². The minimum Gasteiger partial charge on any atom is -0.595 e. The van der Waals surface area contributed by atoms with Crippen LogP contribution in [-0.2, 0) is 4.79 Å². The van der Waals surface area contributed by atoms with Crippen molar-refractivity contribution in [1.82, 2.24) is 0 Å². The van der Waals surface area contributed by atoms with Gasteiger partial charge in [-0.3, -0.25) is 9.69 Å². The Labute approximate surface area is 98.0 Å². The van der Waals surface area contributed by atoms with E-state index >= 15 is 0 Å². The number of hydrogen-bond donors (Lipinski definition) is 3. The zero-order chi connectivity index (χ0) is 12.2. The molecule has 2 atom stereocenters. The van der Waals surface area contributed by atoms with Crippen molar-refractivity contribution in [3.63, 3.8) is 0 Å². The van der Waals surface area contributed by atoms with Gasteiger partial charge in [-0.2, -0.15) is 5.23 Å². The summed E-state index contributed by atoms with van der Waals surface area (Å²) in [6, 6.07) is 4.82. The van der Waals surface area contributed by atoms with Crippen molar-refractivity contribution in [3.05, 3.63) is 23.4 Å². The van der Waals surface area contributed by atoms with Crippen LogP contribution >= 0.6 is 0 Å². The molecular weight excluding hydrogens is 222 g/mol. The standard InChI is InChI=1S/C11H13N3O3/c1-11-5-4-10(15)13(11)9-6-7(14(16)17)2-3-8(9)12-11/h2-3,6,12,14,16H,4-5H2,1H3. The second kappa shape index (κ2) is 3.19. The van der Waals surface area contributed by atoms with Gasteiger partial charge in [0, 0.05) is 18.6 Å². The summed E-state index contributed by atoms with van der Waals surface area (Å²) in [5.74, 6) is 0.0429. The quantitative estimate of drug-likeness (QED) is 0.614. The summed E-state index contributed by atoms with van der Waals surface area (Å²) in [6.07, 6.45) is 1.24. The van der Waals surface area contributed by atoms with E-state index in [2.05, 4.69) is 5.32 Å². The topological polar surface area (TPSA) is 80.1 Å². The van der Waals surface area contributed by atoms with Gasteiger partial charge in [0.15, 0.2) is 5.69 Å². The van der Waals surface area contributed by atoms with Crippen LogP contribution < -0.4 is 15.4 Å². The Morgan fingerprint density at radius 1 is 1.59 bits per heavy atom. The van der Waals surface area contributed by atoms with Gasteiger partial charge >= 0.3 is 0 Å². The summed E-state index contributed by atoms with van der Waals surface area (Å²) < 4.78 is 0. The highest BCUT2D eigenvalue weighted by molar-refractivity contribution is 6.04. The van der Waals surface area contributed by atoms with E-state index in [1.807, 2.05) is 6.92 Å². The Hall–Kier alpha value is -1.63. The number of nitrogens with one attached hydrogen (secondary N) is 2. The van der Waals surface area contributed by atoms with Crippen LogP contribution in [0.25, 0.3) is 0 Å². The van der Waals surface area contributed by atoms with Crippen molar-refractivity contribution in [2.45, 2.75) is 25.4 Å². The first kappa shape index (κ1) is 10.5. The third-order valence-electron chi connectivity index (χ3n) is 3.46. The lowest BCUT2D eigenvalue weighted by Gasteiger charge is -2.27. The van der Waals surface area contributed by atoms with Crippen LogP contribution in [0.2, 0.25) is 0 Å². The highest BCUT2D eigenvalue weighted by Crippen LogP contribution is 2.46. The van der Waals surface area contributed by atoms with Crippen LogP contribution in [0.15, 0.2) is 18.2 Å². The Kier molecular flexibility index (Phi) is 1.97. The van der Waals surface area contributed by atoms with Crippen LogP contribution in [0.3, 0.4) is 0 Å². The molecule has 0 radical (unpaired) electrons. The first-order valence-electron chi connectivity index (χ1n) is 5.50. The van der Waals surface area contributed by atoms with E-state index in [0.717, 1.165) is 12.1 Å². The molecule has 1 aromatic carbocycles. The Morgan fingerprint density at radius 2 is 2.35 bits per heavy atom. The van der Waals surface area contributed by atoms with Crippen LogP contribution in [0.1, 0.15) is 19.8 Å². The largest absolute Gasteiger partial charge is 0.595 e. The molecule has 90 valence electrons. The predicted octanol–water partition coefficient (Wildman–Crippen LogP) is 0.358. The molecule has 2 heterocycles. The Balaban J connectivity index is 2.11. The Bertz CT molecular complexity index is 503. The zero-order valence-corrected chi connectivity index (χ0v) is 9.36. The molecule has 3 rings (SSSR count). The van der Waals surface area contributed by atoms with E-state index in [1.54, 1.807) is 23.1 Å². The Morgan fingerprint density at radius 3 is 3.06 bits per heavy atom. The molecule has 0 saturated carbocycles. The fourth-order valence-corrected chi connectivity index (χ4v) is 2.61. The molecule has 2 aliphatic heterocycles. The third-order valence-corrected chi connectivity index (χ3v) is 3.46. The minimum absolute atomic E-state index is 0.0429. The second-order valence-corrected chi connectivity index (χ2v) is 4.67. The smallest absolute Gasteiger partial charge is 0.229 e. The molecule has 6 nitrogen and oxygen atoms in total. The predicted molar refractivity (Wildman–Crippen MR) is 61.0 cm³/mol. The summed E-state index contributed by atoms with van der Waals surface area (Å²) >= 11 is 0. The molecule has 1 amide bonds. The average Bonchev–Trinajstić information content (AvgIpc) is 2.71. The van der Waals surface area contributed by atoms with Gasteiger partial charge in [-0.1, -0.05) is 0 Å². The number of carbonyl (C=O) groups excluding carboxylic acids is 1. The molecular formula is C11H13N3O3. The lowest BCUT2D eigenvalue weighted by Crippen LogP contribution is -2.99.